The third-order valence-corrected chi connectivity index (χ3v) is 5.22. The highest BCUT2D eigenvalue weighted by atomic mass is 16.4. The van der Waals surface area contributed by atoms with Crippen LogP contribution in [0, 0.1) is 0 Å². The van der Waals surface area contributed by atoms with Crippen molar-refractivity contribution in [2.45, 2.75) is 46.5 Å². The van der Waals surface area contributed by atoms with Crippen molar-refractivity contribution in [3.05, 3.63) is 69.8 Å². The second-order valence-corrected chi connectivity index (χ2v) is 7.94. The van der Waals surface area contributed by atoms with Crippen molar-refractivity contribution in [1.29, 1.82) is 0 Å². The van der Waals surface area contributed by atoms with Gasteiger partial charge in [-0.1, -0.05) is 58.0 Å². The molecule has 5 heteroatoms. The number of para-hydroxylation sites is 1. The Kier molecular flexibility index (Phi) is 5.42. The fraction of sp³-hybridized carbons (Fsp3) is 0.292. The predicted molar refractivity (Wildman–Crippen MR) is 113 cm³/mol. The standard InChI is InChI=1S/C24H25NO4/c1-13(2)17-9-7-10-18(14(3)4)21(17)25-22(26)19-11-6-8-16(20(19)23(25)27)12-15(5)24(28)29/h6-14H,1-5H3,(H,28,29). The third kappa shape index (κ3) is 3.48. The Balaban J connectivity index is 2.24. The maximum absolute atomic E-state index is 13.5. The van der Waals surface area contributed by atoms with Gasteiger partial charge in [0.2, 0.25) is 0 Å². The zero-order valence-corrected chi connectivity index (χ0v) is 17.3. The molecule has 2 aromatic rings. The number of fused-ring (bicyclic) bond motifs is 1. The molecule has 1 aliphatic heterocycles. The average molecular weight is 391 g/mol. The summed E-state index contributed by atoms with van der Waals surface area (Å²) in [4.78, 5) is 39.3. The van der Waals surface area contributed by atoms with Crippen LogP contribution in [0.15, 0.2) is 42.0 Å². The van der Waals surface area contributed by atoms with Crippen molar-refractivity contribution < 1.29 is 19.5 Å². The fourth-order valence-corrected chi connectivity index (χ4v) is 3.70. The molecule has 0 fully saturated rings. The van der Waals surface area contributed by atoms with Gasteiger partial charge in [-0.25, -0.2) is 9.69 Å². The molecular weight excluding hydrogens is 366 g/mol. The van der Waals surface area contributed by atoms with Gasteiger partial charge in [0.1, 0.15) is 0 Å². The first-order chi connectivity index (χ1) is 13.6. The molecule has 3 rings (SSSR count). The summed E-state index contributed by atoms with van der Waals surface area (Å²) in [5.41, 5.74) is 3.61. The number of carbonyl (C=O) groups is 3. The summed E-state index contributed by atoms with van der Waals surface area (Å²) in [5.74, 6) is -1.60. The summed E-state index contributed by atoms with van der Waals surface area (Å²) in [6.45, 7) is 9.60. The summed E-state index contributed by atoms with van der Waals surface area (Å²) >= 11 is 0. The molecule has 0 bridgehead atoms. The van der Waals surface area contributed by atoms with E-state index in [-0.39, 0.29) is 28.9 Å². The van der Waals surface area contributed by atoms with Crippen molar-refractivity contribution in [3.63, 3.8) is 0 Å². The Morgan fingerprint density at radius 3 is 2.00 bits per heavy atom. The van der Waals surface area contributed by atoms with E-state index in [4.69, 9.17) is 0 Å². The van der Waals surface area contributed by atoms with Gasteiger partial charge in [0.15, 0.2) is 0 Å². The van der Waals surface area contributed by atoms with Crippen LogP contribution in [0.4, 0.5) is 5.69 Å². The lowest BCUT2D eigenvalue weighted by Crippen LogP contribution is -2.32. The number of carboxylic acid groups (broad SMARTS) is 1. The van der Waals surface area contributed by atoms with E-state index in [1.807, 2.05) is 45.9 Å². The van der Waals surface area contributed by atoms with E-state index >= 15 is 0 Å². The molecular formula is C24H25NO4. The predicted octanol–water partition coefficient (Wildman–Crippen LogP) is 5.22. The summed E-state index contributed by atoms with van der Waals surface area (Å²) in [7, 11) is 0. The highest BCUT2D eigenvalue weighted by Gasteiger charge is 2.40. The topological polar surface area (TPSA) is 74.7 Å². The minimum atomic E-state index is -1.07. The van der Waals surface area contributed by atoms with E-state index in [9.17, 15) is 19.5 Å². The van der Waals surface area contributed by atoms with Crippen LogP contribution < -0.4 is 4.90 Å². The van der Waals surface area contributed by atoms with Gasteiger partial charge in [-0.2, -0.15) is 0 Å². The number of aliphatic carboxylic acids is 1. The zero-order chi connectivity index (χ0) is 21.5. The number of hydrogen-bond donors (Lipinski definition) is 1. The van der Waals surface area contributed by atoms with Crippen LogP contribution in [0.1, 0.15) is 83.9 Å². The van der Waals surface area contributed by atoms with Crippen LogP contribution >= 0.6 is 0 Å². The highest BCUT2D eigenvalue weighted by molar-refractivity contribution is 6.35. The minimum Gasteiger partial charge on any atom is -0.478 e. The van der Waals surface area contributed by atoms with Gasteiger partial charge in [-0.15, -0.1) is 0 Å². The lowest BCUT2D eigenvalue weighted by Gasteiger charge is -2.25. The van der Waals surface area contributed by atoms with Gasteiger partial charge < -0.3 is 5.11 Å². The number of amides is 2. The molecule has 0 spiro atoms. The van der Waals surface area contributed by atoms with E-state index in [1.165, 1.54) is 17.9 Å². The molecule has 0 aliphatic carbocycles. The number of carbonyl (C=O) groups excluding carboxylic acids is 2. The first-order valence-corrected chi connectivity index (χ1v) is 9.71. The Bertz CT molecular complexity index is 1020. The van der Waals surface area contributed by atoms with Crippen molar-refractivity contribution in [1.82, 2.24) is 0 Å². The molecule has 2 amide bonds. The SMILES string of the molecule is CC(=Cc1cccc2c1C(=O)N(c1c(C(C)C)cccc1C(C)C)C2=O)C(=O)O. The molecule has 2 aromatic carbocycles. The van der Waals surface area contributed by atoms with Crippen LogP contribution in [0.3, 0.4) is 0 Å². The number of hydrogen-bond acceptors (Lipinski definition) is 3. The lowest BCUT2D eigenvalue weighted by molar-refractivity contribution is -0.132. The van der Waals surface area contributed by atoms with E-state index in [2.05, 4.69) is 0 Å². The first-order valence-electron chi connectivity index (χ1n) is 9.71. The quantitative estimate of drug-likeness (QED) is 0.560. The van der Waals surface area contributed by atoms with Crippen LogP contribution in [-0.4, -0.2) is 22.9 Å². The van der Waals surface area contributed by atoms with Crippen molar-refractivity contribution in [2.24, 2.45) is 0 Å². The maximum atomic E-state index is 13.5. The molecule has 1 aliphatic rings. The number of benzene rings is 2. The molecule has 0 atom stereocenters. The van der Waals surface area contributed by atoms with E-state index in [1.54, 1.807) is 18.2 Å². The van der Waals surface area contributed by atoms with Gasteiger partial charge >= 0.3 is 5.97 Å². The maximum Gasteiger partial charge on any atom is 0.331 e. The molecule has 0 radical (unpaired) electrons. The van der Waals surface area contributed by atoms with Crippen LogP contribution in [-0.2, 0) is 4.79 Å². The van der Waals surface area contributed by atoms with E-state index in [0.717, 1.165) is 11.1 Å². The second-order valence-electron chi connectivity index (χ2n) is 7.94. The second kappa shape index (κ2) is 7.66. The molecule has 0 aromatic heterocycles. The number of carboxylic acids is 1. The van der Waals surface area contributed by atoms with Gasteiger partial charge in [0, 0.05) is 5.57 Å². The number of anilines is 1. The van der Waals surface area contributed by atoms with Gasteiger partial charge in [-0.3, -0.25) is 9.59 Å². The summed E-state index contributed by atoms with van der Waals surface area (Å²) in [6.07, 6.45) is 1.44. The number of nitrogens with zero attached hydrogens (tertiary/aromatic N) is 1. The Hall–Kier alpha value is -3.21. The summed E-state index contributed by atoms with van der Waals surface area (Å²) in [5, 5.41) is 9.20. The normalized spacial score (nSPS) is 14.2. The molecule has 0 saturated carbocycles. The highest BCUT2D eigenvalue weighted by Crippen LogP contribution is 2.40. The zero-order valence-electron chi connectivity index (χ0n) is 17.3. The van der Waals surface area contributed by atoms with E-state index < -0.39 is 11.9 Å². The van der Waals surface area contributed by atoms with Crippen LogP contribution in [0.2, 0.25) is 0 Å². The smallest absolute Gasteiger partial charge is 0.331 e. The fourth-order valence-electron chi connectivity index (χ4n) is 3.70. The van der Waals surface area contributed by atoms with Crippen molar-refractivity contribution in [3.8, 4) is 0 Å². The van der Waals surface area contributed by atoms with Crippen molar-refractivity contribution in [2.75, 3.05) is 4.90 Å². The monoisotopic (exact) mass is 391 g/mol. The van der Waals surface area contributed by atoms with Crippen LogP contribution in [0.5, 0.6) is 0 Å². The minimum absolute atomic E-state index is 0.0996. The van der Waals surface area contributed by atoms with Gasteiger partial charge in [0.05, 0.1) is 16.8 Å². The molecule has 1 heterocycles. The van der Waals surface area contributed by atoms with E-state index in [0.29, 0.717) is 16.8 Å². The average Bonchev–Trinajstić information content (AvgIpc) is 2.92. The molecule has 150 valence electrons. The largest absolute Gasteiger partial charge is 0.478 e. The molecule has 29 heavy (non-hydrogen) atoms. The third-order valence-electron chi connectivity index (χ3n) is 5.22. The summed E-state index contributed by atoms with van der Waals surface area (Å²) < 4.78 is 0. The van der Waals surface area contributed by atoms with Crippen molar-refractivity contribution >= 4 is 29.5 Å². The molecule has 0 unspecified atom stereocenters. The number of rotatable bonds is 5. The Morgan fingerprint density at radius 2 is 1.48 bits per heavy atom. The summed E-state index contributed by atoms with van der Waals surface area (Å²) in [6, 6.07) is 10.8. The van der Waals surface area contributed by atoms with Gasteiger partial charge in [-0.05, 0) is 47.6 Å². The van der Waals surface area contributed by atoms with Gasteiger partial charge in [0.25, 0.3) is 11.8 Å². The first kappa shape index (κ1) is 20.5. The Labute approximate surface area is 170 Å². The Morgan fingerprint density at radius 1 is 0.931 bits per heavy atom. The molecule has 1 N–H and O–H groups in total. The molecule has 0 saturated heterocycles. The van der Waals surface area contributed by atoms with Crippen LogP contribution in [0.25, 0.3) is 6.08 Å². The molecule has 5 nitrogen and oxygen atoms in total. The number of imide groups is 1. The lowest BCUT2D eigenvalue weighted by atomic mass is 9.92.